The van der Waals surface area contributed by atoms with Gasteiger partial charge in [-0.3, -0.25) is 29.4 Å². The molecule has 14 heteroatoms. The molecule has 3 fully saturated rings. The van der Waals surface area contributed by atoms with E-state index in [-0.39, 0.29) is 26.1 Å². The lowest BCUT2D eigenvalue weighted by Crippen LogP contribution is -2.54. The second-order valence-electron chi connectivity index (χ2n) is 7.03. The number of fused-ring (bicyclic) bond motifs is 2. The summed E-state index contributed by atoms with van der Waals surface area (Å²) < 4.78 is 9.93. The van der Waals surface area contributed by atoms with Crippen LogP contribution in [0, 0.1) is 0 Å². The molecule has 0 spiro atoms. The first kappa shape index (κ1) is 24.1. The van der Waals surface area contributed by atoms with Crippen LogP contribution in [0.4, 0.5) is 4.79 Å². The molecular weight excluding hydrogens is 418 g/mol. The third-order valence-electron chi connectivity index (χ3n) is 5.03. The van der Waals surface area contributed by atoms with Gasteiger partial charge in [-0.15, -0.1) is 0 Å². The molecule has 170 valence electrons. The van der Waals surface area contributed by atoms with Crippen LogP contribution in [0.3, 0.4) is 0 Å². The fraction of sp³-hybridized carbons (Fsp3) is 0.750. The normalized spacial score (nSPS) is 27.5. The molecule has 0 aromatic rings. The highest BCUT2D eigenvalue weighted by atomic mass is 32.2. The van der Waals surface area contributed by atoms with Crippen molar-refractivity contribution in [2.75, 3.05) is 26.7 Å². The lowest BCUT2D eigenvalue weighted by atomic mass is 10.0. The molecule has 0 saturated carbocycles. The summed E-state index contributed by atoms with van der Waals surface area (Å²) in [6, 6.07) is -1.82. The first-order chi connectivity index (χ1) is 13.9. The largest absolute Gasteiger partial charge is 0.346 e. The van der Waals surface area contributed by atoms with Gasteiger partial charge >= 0.3 is 6.03 Å². The zero-order valence-corrected chi connectivity index (χ0v) is 16.7. The number of rotatable bonds is 7. The van der Waals surface area contributed by atoms with E-state index in [9.17, 15) is 19.2 Å². The molecule has 5 amide bonds. The average molecular weight is 448 g/mol. The van der Waals surface area contributed by atoms with Gasteiger partial charge in [-0.1, -0.05) is 7.43 Å². The highest BCUT2D eigenvalue weighted by molar-refractivity contribution is 7.89. The number of hydrogen-bond acceptors (Lipinski definition) is 9. The van der Waals surface area contributed by atoms with Gasteiger partial charge in [0, 0.05) is 19.1 Å². The molecule has 0 aliphatic carbocycles. The Kier molecular flexibility index (Phi) is 8.66. The number of hydroxylamine groups is 2. The molecule has 0 radical (unpaired) electrons. The molecule has 0 aromatic carbocycles. The molecule has 3 saturated heterocycles. The van der Waals surface area contributed by atoms with E-state index in [0.29, 0.717) is 44.7 Å². The van der Waals surface area contributed by atoms with Crippen LogP contribution in [-0.2, 0) is 22.9 Å². The minimum Gasteiger partial charge on any atom is -0.345 e. The van der Waals surface area contributed by atoms with E-state index >= 15 is 0 Å². The molecule has 3 rings (SSSR count). The van der Waals surface area contributed by atoms with Gasteiger partial charge in [0.1, 0.15) is 6.04 Å². The first-order valence-electron chi connectivity index (χ1n) is 9.23. The maximum absolute atomic E-state index is 12.5. The van der Waals surface area contributed by atoms with Crippen LogP contribution in [0.1, 0.15) is 26.7 Å². The van der Waals surface area contributed by atoms with Crippen molar-refractivity contribution in [1.29, 1.82) is 0 Å². The van der Waals surface area contributed by atoms with Gasteiger partial charge in [-0.05, 0) is 19.3 Å². The molecule has 3 aliphatic heterocycles. The molecule has 2 unspecified atom stereocenters. The van der Waals surface area contributed by atoms with Gasteiger partial charge in [-0.25, -0.2) is 4.79 Å². The van der Waals surface area contributed by atoms with Crippen molar-refractivity contribution in [1.82, 2.24) is 31.4 Å². The van der Waals surface area contributed by atoms with Crippen molar-refractivity contribution >= 4 is 36.1 Å². The Hall–Kier alpha value is -2.13. The first-order valence-corrected chi connectivity index (χ1v) is 9.90. The van der Waals surface area contributed by atoms with E-state index in [0.717, 1.165) is 0 Å². The standard InChI is InChI=1S/C15H25N7O6S.CH4/c1-27-29-28-22-9-2-3-11(21(7-9)15(22)26)14(25)18-6-12(23)19-20-13(24)10-4-8(16)5-17-10;/h8-11,17H,2-7,16H2,1H3,(H,18,25)(H,19,23)(H,20,24);1H4/t8-,9?,10?,11+;/m1./s1. The second-order valence-corrected chi connectivity index (χ2v) is 7.65. The molecule has 6 N–H and O–H groups in total. The summed E-state index contributed by atoms with van der Waals surface area (Å²) in [5, 5.41) is 6.63. The second kappa shape index (κ2) is 10.8. The fourth-order valence-corrected chi connectivity index (χ4v) is 3.89. The van der Waals surface area contributed by atoms with Crippen molar-refractivity contribution in [3.05, 3.63) is 0 Å². The minimum absolute atomic E-state index is 0. The zero-order valence-electron chi connectivity index (χ0n) is 15.9. The van der Waals surface area contributed by atoms with Crippen LogP contribution >= 0.6 is 12.3 Å². The summed E-state index contributed by atoms with van der Waals surface area (Å²) in [4.78, 5) is 50.1. The molecule has 0 aromatic heterocycles. The Labute approximate surface area is 179 Å². The number of piperidine rings is 1. The monoisotopic (exact) mass is 447 g/mol. The number of nitrogens with zero attached hydrogens (tertiary/aromatic N) is 2. The average Bonchev–Trinajstić information content (AvgIpc) is 3.25. The number of amides is 5. The fourth-order valence-electron chi connectivity index (χ4n) is 3.58. The third kappa shape index (κ3) is 5.51. The number of hydrogen-bond donors (Lipinski definition) is 5. The Bertz CT molecular complexity index is 668. The zero-order chi connectivity index (χ0) is 21.0. The highest BCUT2D eigenvalue weighted by Gasteiger charge is 2.48. The number of carbonyl (C=O) groups is 4. The summed E-state index contributed by atoms with van der Waals surface area (Å²) in [6.45, 7) is 0.560. The van der Waals surface area contributed by atoms with Crippen LogP contribution in [0.5, 0.6) is 0 Å². The van der Waals surface area contributed by atoms with Crippen LogP contribution in [-0.4, -0.2) is 84.6 Å². The summed E-state index contributed by atoms with van der Waals surface area (Å²) in [7, 11) is 1.42. The minimum atomic E-state index is -0.688. The predicted molar refractivity (Wildman–Crippen MR) is 107 cm³/mol. The summed E-state index contributed by atoms with van der Waals surface area (Å²) in [5.74, 6) is -1.42. The van der Waals surface area contributed by atoms with E-state index in [1.807, 2.05) is 0 Å². The van der Waals surface area contributed by atoms with Gasteiger partial charge in [-0.2, -0.15) is 9.35 Å². The van der Waals surface area contributed by atoms with Gasteiger partial charge in [0.25, 0.3) is 11.8 Å². The number of hydrazine groups is 1. The number of carbonyl (C=O) groups excluding carboxylic acids is 4. The van der Waals surface area contributed by atoms with Crippen molar-refractivity contribution in [2.24, 2.45) is 5.73 Å². The van der Waals surface area contributed by atoms with Gasteiger partial charge in [0.15, 0.2) is 12.3 Å². The molecule has 13 nitrogen and oxygen atoms in total. The third-order valence-corrected chi connectivity index (χ3v) is 5.39. The smallest absolute Gasteiger partial charge is 0.345 e. The number of urea groups is 1. The molecule has 30 heavy (non-hydrogen) atoms. The van der Waals surface area contributed by atoms with Gasteiger partial charge in [0.05, 0.1) is 25.7 Å². The van der Waals surface area contributed by atoms with Crippen LogP contribution in [0.15, 0.2) is 0 Å². The van der Waals surface area contributed by atoms with Gasteiger partial charge < -0.3 is 21.3 Å². The Morgan fingerprint density at radius 2 is 2.03 bits per heavy atom. The Morgan fingerprint density at radius 3 is 2.70 bits per heavy atom. The molecule has 3 heterocycles. The van der Waals surface area contributed by atoms with E-state index < -0.39 is 35.8 Å². The van der Waals surface area contributed by atoms with E-state index in [2.05, 4.69) is 21.5 Å². The van der Waals surface area contributed by atoms with Gasteiger partial charge in [0.2, 0.25) is 5.91 Å². The van der Waals surface area contributed by atoms with Crippen molar-refractivity contribution in [2.45, 2.75) is 50.9 Å². The number of nitrogens with one attached hydrogen (secondary N) is 4. The summed E-state index contributed by atoms with van der Waals surface area (Å²) >= 11 is 0.678. The maximum atomic E-state index is 12.5. The SMILES string of the molecule is C.COSON1C(=O)N2CC1CC[C@H]2C(=O)NCC(=O)NNC(=O)C1C[C@@H](N)CN1. The van der Waals surface area contributed by atoms with E-state index in [1.165, 1.54) is 17.1 Å². The maximum Gasteiger partial charge on any atom is 0.346 e. The topological polar surface area (TPSA) is 167 Å². The quantitative estimate of drug-likeness (QED) is 0.219. The number of nitrogens with two attached hydrogens (primary N) is 1. The van der Waals surface area contributed by atoms with Crippen molar-refractivity contribution in [3.8, 4) is 0 Å². The van der Waals surface area contributed by atoms with E-state index in [1.54, 1.807) is 0 Å². The lowest BCUT2D eigenvalue weighted by Gasteiger charge is -2.29. The highest BCUT2D eigenvalue weighted by Crippen LogP contribution is 2.31. The van der Waals surface area contributed by atoms with E-state index in [4.69, 9.17) is 14.2 Å². The molecule has 4 atom stereocenters. The molecular formula is C16H29N7O6S. The summed E-state index contributed by atoms with van der Waals surface area (Å²) in [5.41, 5.74) is 10.3. The van der Waals surface area contributed by atoms with Crippen LogP contribution in [0.2, 0.25) is 0 Å². The Balaban J connectivity index is 0.00000320. The summed E-state index contributed by atoms with van der Waals surface area (Å²) in [6.07, 6.45) is 1.52. The molecule has 3 aliphatic rings. The van der Waals surface area contributed by atoms with Crippen LogP contribution < -0.4 is 27.2 Å². The molecule has 2 bridgehead atoms. The predicted octanol–water partition coefficient (Wildman–Crippen LogP) is -2.01. The van der Waals surface area contributed by atoms with Crippen LogP contribution in [0.25, 0.3) is 0 Å². The van der Waals surface area contributed by atoms with Crippen molar-refractivity contribution in [3.63, 3.8) is 0 Å². The lowest BCUT2D eigenvalue weighted by molar-refractivity contribution is -0.131. The Morgan fingerprint density at radius 1 is 1.27 bits per heavy atom. The van der Waals surface area contributed by atoms with Crippen molar-refractivity contribution < 1.29 is 27.6 Å².